The van der Waals surface area contributed by atoms with Gasteiger partial charge in [-0.2, -0.15) is 5.26 Å². The van der Waals surface area contributed by atoms with Crippen LogP contribution in [0.5, 0.6) is 0 Å². The van der Waals surface area contributed by atoms with Gasteiger partial charge in [0.25, 0.3) is 5.69 Å². The van der Waals surface area contributed by atoms with E-state index in [1.165, 1.54) is 18.2 Å². The van der Waals surface area contributed by atoms with E-state index in [-0.39, 0.29) is 23.6 Å². The first-order chi connectivity index (χ1) is 10.1. The maximum atomic E-state index is 11.4. The van der Waals surface area contributed by atoms with Crippen molar-refractivity contribution in [1.82, 2.24) is 5.32 Å². The molecule has 0 aromatic heterocycles. The van der Waals surface area contributed by atoms with Crippen molar-refractivity contribution in [2.45, 2.75) is 6.42 Å². The van der Waals surface area contributed by atoms with Crippen molar-refractivity contribution in [1.29, 1.82) is 5.26 Å². The van der Waals surface area contributed by atoms with E-state index < -0.39 is 4.92 Å². The molecular weight excluding hydrogens is 276 g/mol. The summed E-state index contributed by atoms with van der Waals surface area (Å²) < 4.78 is 4.81. The molecule has 2 N–H and O–H groups in total. The molecule has 8 nitrogen and oxygen atoms in total. The fraction of sp³-hybridized carbons (Fsp3) is 0.385. The van der Waals surface area contributed by atoms with Crippen LogP contribution in [0.4, 0.5) is 11.4 Å². The summed E-state index contributed by atoms with van der Waals surface area (Å²) in [6.07, 6.45) is 0.228. The number of amides is 1. The number of ether oxygens (including phenoxy) is 1. The fourth-order valence-electron chi connectivity index (χ4n) is 1.58. The fourth-order valence-corrected chi connectivity index (χ4v) is 1.58. The monoisotopic (exact) mass is 292 g/mol. The van der Waals surface area contributed by atoms with Crippen LogP contribution < -0.4 is 10.6 Å². The number of carbonyl (C=O) groups is 1. The Bertz CT molecular complexity index is 554. The second-order valence-electron chi connectivity index (χ2n) is 4.12. The number of nitro benzene ring substituents is 1. The van der Waals surface area contributed by atoms with E-state index in [0.29, 0.717) is 25.4 Å². The Morgan fingerprint density at radius 3 is 2.86 bits per heavy atom. The highest BCUT2D eigenvalue weighted by atomic mass is 16.6. The summed E-state index contributed by atoms with van der Waals surface area (Å²) in [5.41, 5.74) is 0.492. The van der Waals surface area contributed by atoms with Gasteiger partial charge < -0.3 is 15.4 Å². The molecule has 0 spiro atoms. The summed E-state index contributed by atoms with van der Waals surface area (Å²) in [6, 6.07) is 5.85. The van der Waals surface area contributed by atoms with Crippen molar-refractivity contribution in [3.8, 4) is 6.07 Å². The van der Waals surface area contributed by atoms with Crippen molar-refractivity contribution in [3.05, 3.63) is 33.9 Å². The molecule has 1 amide bonds. The van der Waals surface area contributed by atoms with Crippen LogP contribution in [0.2, 0.25) is 0 Å². The van der Waals surface area contributed by atoms with Crippen molar-refractivity contribution >= 4 is 17.3 Å². The van der Waals surface area contributed by atoms with Crippen molar-refractivity contribution in [3.63, 3.8) is 0 Å². The molecule has 0 aliphatic rings. The molecule has 1 aromatic rings. The Morgan fingerprint density at radius 2 is 2.24 bits per heavy atom. The van der Waals surface area contributed by atoms with Crippen LogP contribution in [0.25, 0.3) is 0 Å². The molecule has 0 saturated heterocycles. The second-order valence-corrected chi connectivity index (χ2v) is 4.12. The quantitative estimate of drug-likeness (QED) is 0.420. The predicted molar refractivity (Wildman–Crippen MR) is 75.8 cm³/mol. The zero-order valence-electron chi connectivity index (χ0n) is 11.6. The molecule has 1 aromatic carbocycles. The third-order valence-electron chi connectivity index (χ3n) is 2.63. The second kappa shape index (κ2) is 8.50. The summed E-state index contributed by atoms with van der Waals surface area (Å²) in [6.45, 7) is 1.21. The van der Waals surface area contributed by atoms with Gasteiger partial charge in [-0.1, -0.05) is 0 Å². The number of carbonyl (C=O) groups excluding carboxylic acids is 1. The molecule has 112 valence electrons. The zero-order chi connectivity index (χ0) is 15.7. The van der Waals surface area contributed by atoms with Crippen LogP contribution in [-0.4, -0.2) is 37.6 Å². The first-order valence-corrected chi connectivity index (χ1v) is 6.26. The number of rotatable bonds is 8. The van der Waals surface area contributed by atoms with Gasteiger partial charge in [0.1, 0.15) is 6.07 Å². The summed E-state index contributed by atoms with van der Waals surface area (Å²) in [4.78, 5) is 21.5. The smallest absolute Gasteiger partial charge is 0.270 e. The minimum absolute atomic E-state index is 0.139. The number of nitrogens with zero attached hydrogens (tertiary/aromatic N) is 2. The molecule has 0 aliphatic carbocycles. The number of hydrogen-bond donors (Lipinski definition) is 2. The van der Waals surface area contributed by atoms with Gasteiger partial charge in [0, 0.05) is 38.8 Å². The molecule has 0 bridgehead atoms. The maximum Gasteiger partial charge on any atom is 0.270 e. The summed E-state index contributed by atoms with van der Waals surface area (Å²) in [5, 5.41) is 25.2. The maximum absolute atomic E-state index is 11.4. The zero-order valence-corrected chi connectivity index (χ0v) is 11.6. The topological polar surface area (TPSA) is 117 Å². The number of benzene rings is 1. The normalized spacial score (nSPS) is 9.71. The van der Waals surface area contributed by atoms with Crippen molar-refractivity contribution in [2.24, 2.45) is 0 Å². The largest absolute Gasteiger partial charge is 0.383 e. The van der Waals surface area contributed by atoms with Gasteiger partial charge in [-0.05, 0) is 6.07 Å². The van der Waals surface area contributed by atoms with Gasteiger partial charge in [0.15, 0.2) is 0 Å². The highest BCUT2D eigenvalue weighted by Crippen LogP contribution is 2.21. The van der Waals surface area contributed by atoms with Gasteiger partial charge in [0.2, 0.25) is 5.91 Å². The lowest BCUT2D eigenvalue weighted by atomic mass is 10.1. The highest BCUT2D eigenvalue weighted by Gasteiger charge is 2.10. The Labute approximate surface area is 121 Å². The van der Waals surface area contributed by atoms with Crippen molar-refractivity contribution in [2.75, 3.05) is 32.1 Å². The average Bonchev–Trinajstić information content (AvgIpc) is 2.47. The minimum Gasteiger partial charge on any atom is -0.383 e. The summed E-state index contributed by atoms with van der Waals surface area (Å²) in [7, 11) is 1.55. The molecule has 8 heteroatoms. The van der Waals surface area contributed by atoms with Gasteiger partial charge in [-0.25, -0.2) is 0 Å². The van der Waals surface area contributed by atoms with Gasteiger partial charge >= 0.3 is 0 Å². The molecule has 0 fully saturated rings. The van der Waals surface area contributed by atoms with Gasteiger partial charge in [-0.3, -0.25) is 14.9 Å². The van der Waals surface area contributed by atoms with E-state index >= 15 is 0 Å². The van der Waals surface area contributed by atoms with Gasteiger partial charge in [-0.15, -0.1) is 0 Å². The van der Waals surface area contributed by atoms with Gasteiger partial charge in [0.05, 0.1) is 22.8 Å². The lowest BCUT2D eigenvalue weighted by Gasteiger charge is -2.08. The van der Waals surface area contributed by atoms with E-state index in [0.717, 1.165) is 0 Å². The van der Waals surface area contributed by atoms with Crippen LogP contribution >= 0.6 is 0 Å². The number of non-ortho nitro benzene ring substituents is 1. The molecule has 1 rings (SSSR count). The third-order valence-corrected chi connectivity index (χ3v) is 2.63. The Balaban J connectivity index is 2.50. The number of methoxy groups -OCH3 is 1. The molecule has 0 heterocycles. The number of nitrogens with one attached hydrogen (secondary N) is 2. The minimum atomic E-state index is -0.562. The molecule has 0 unspecified atom stereocenters. The van der Waals surface area contributed by atoms with Crippen molar-refractivity contribution < 1.29 is 14.5 Å². The molecule has 21 heavy (non-hydrogen) atoms. The molecule has 0 saturated carbocycles. The highest BCUT2D eigenvalue weighted by molar-refractivity contribution is 5.76. The molecule has 0 radical (unpaired) electrons. The lowest BCUT2D eigenvalue weighted by molar-refractivity contribution is -0.384. The van der Waals surface area contributed by atoms with E-state index in [2.05, 4.69) is 10.6 Å². The Kier molecular flexibility index (Phi) is 6.63. The summed E-state index contributed by atoms with van der Waals surface area (Å²) >= 11 is 0. The number of nitro groups is 1. The SMILES string of the molecule is COCCNC(=O)CCNc1ccc([N+](=O)[O-])cc1C#N. The number of anilines is 1. The van der Waals surface area contributed by atoms with Crippen LogP contribution in [0, 0.1) is 21.4 Å². The Morgan fingerprint density at radius 1 is 1.48 bits per heavy atom. The molecular formula is C13H16N4O4. The van der Waals surface area contributed by atoms with E-state index in [1.54, 1.807) is 7.11 Å². The third kappa shape index (κ3) is 5.46. The number of hydrogen-bond acceptors (Lipinski definition) is 6. The van der Waals surface area contributed by atoms with Crippen LogP contribution in [0.15, 0.2) is 18.2 Å². The number of nitriles is 1. The molecule has 0 aliphatic heterocycles. The Hall–Kier alpha value is -2.66. The predicted octanol–water partition coefficient (Wildman–Crippen LogP) is 1.03. The van der Waals surface area contributed by atoms with E-state index in [4.69, 9.17) is 10.00 Å². The van der Waals surface area contributed by atoms with Crippen LogP contribution in [-0.2, 0) is 9.53 Å². The van der Waals surface area contributed by atoms with E-state index in [9.17, 15) is 14.9 Å². The summed E-state index contributed by atoms with van der Waals surface area (Å²) in [5.74, 6) is -0.139. The standard InChI is InChI=1S/C13H16N4O4/c1-21-7-6-16-13(18)4-5-15-12-3-2-11(17(19)20)8-10(12)9-14/h2-3,8,15H,4-7H2,1H3,(H,16,18). The molecule has 0 atom stereocenters. The first kappa shape index (κ1) is 16.4. The van der Waals surface area contributed by atoms with Crippen LogP contribution in [0.3, 0.4) is 0 Å². The van der Waals surface area contributed by atoms with E-state index in [1.807, 2.05) is 6.07 Å². The lowest BCUT2D eigenvalue weighted by Crippen LogP contribution is -2.28. The first-order valence-electron chi connectivity index (χ1n) is 6.26. The van der Waals surface area contributed by atoms with Crippen LogP contribution in [0.1, 0.15) is 12.0 Å². The average molecular weight is 292 g/mol.